The molecule has 4 N–H and O–H groups in total. The predicted molar refractivity (Wildman–Crippen MR) is 64.9 cm³/mol. The summed E-state index contributed by atoms with van der Waals surface area (Å²) in [6.45, 7) is 0. The van der Waals surface area contributed by atoms with Gasteiger partial charge in [0.1, 0.15) is 0 Å². The summed E-state index contributed by atoms with van der Waals surface area (Å²) in [5.41, 5.74) is 10.9. The van der Waals surface area contributed by atoms with Crippen LogP contribution in [0.3, 0.4) is 0 Å². The van der Waals surface area contributed by atoms with Crippen molar-refractivity contribution in [3.63, 3.8) is 0 Å². The van der Waals surface area contributed by atoms with Gasteiger partial charge < -0.3 is 11.5 Å². The molecule has 0 heterocycles. The van der Waals surface area contributed by atoms with Gasteiger partial charge in [-0.15, -0.1) is 5.10 Å². The van der Waals surface area contributed by atoms with Crippen LogP contribution in [0.5, 0.6) is 0 Å². The topological polar surface area (TPSA) is 76.8 Å². The number of nitrogens with zero attached hydrogens (tertiary/aromatic N) is 2. The number of rotatable bonds is 2. The van der Waals surface area contributed by atoms with Gasteiger partial charge in [-0.3, -0.25) is 0 Å². The molecule has 0 aliphatic heterocycles. The van der Waals surface area contributed by atoms with E-state index < -0.39 is 0 Å². The zero-order chi connectivity index (χ0) is 11.2. The highest BCUT2D eigenvalue weighted by Gasteiger charge is 2.50. The Hall–Kier alpha value is -1.06. The van der Waals surface area contributed by atoms with Crippen LogP contribution in [0.1, 0.15) is 38.5 Å². The van der Waals surface area contributed by atoms with Crippen molar-refractivity contribution in [3.8, 4) is 0 Å². The monoisotopic (exact) mass is 220 g/mol. The maximum absolute atomic E-state index is 5.28. The second-order valence-corrected chi connectivity index (χ2v) is 6.05. The Kier molecular flexibility index (Phi) is 2.19. The van der Waals surface area contributed by atoms with Gasteiger partial charge in [0.2, 0.25) is 5.96 Å². The van der Waals surface area contributed by atoms with Crippen molar-refractivity contribution in [1.29, 1.82) is 0 Å². The SMILES string of the molecule is NC(N)=N/N=C\C12CC3CC(CC(C3)C1)C2. The Bertz CT molecular complexity index is 306. The Morgan fingerprint density at radius 1 is 1.00 bits per heavy atom. The fourth-order valence-corrected chi connectivity index (χ4v) is 4.55. The molecular weight excluding hydrogens is 200 g/mol. The van der Waals surface area contributed by atoms with Crippen molar-refractivity contribution in [3.05, 3.63) is 0 Å². The first kappa shape index (κ1) is 10.1. The van der Waals surface area contributed by atoms with Crippen LogP contribution in [-0.2, 0) is 0 Å². The second-order valence-electron chi connectivity index (χ2n) is 6.05. The molecule has 4 rings (SSSR count). The lowest BCUT2D eigenvalue weighted by atomic mass is 9.50. The lowest BCUT2D eigenvalue weighted by Crippen LogP contribution is -2.46. The zero-order valence-corrected chi connectivity index (χ0v) is 9.60. The molecule has 0 radical (unpaired) electrons. The van der Waals surface area contributed by atoms with Gasteiger partial charge in [0.15, 0.2) is 0 Å². The third kappa shape index (κ3) is 1.70. The summed E-state index contributed by atoms with van der Waals surface area (Å²) in [5, 5.41) is 7.82. The smallest absolute Gasteiger partial charge is 0.211 e. The summed E-state index contributed by atoms with van der Waals surface area (Å²) >= 11 is 0. The molecule has 0 aromatic rings. The normalized spacial score (nSPS) is 45.1. The Labute approximate surface area is 96.2 Å². The largest absolute Gasteiger partial charge is 0.369 e. The van der Waals surface area contributed by atoms with Gasteiger partial charge in [0.05, 0.1) is 0 Å². The first-order valence-corrected chi connectivity index (χ1v) is 6.28. The highest BCUT2D eigenvalue weighted by Crippen LogP contribution is 2.59. The minimum Gasteiger partial charge on any atom is -0.369 e. The Morgan fingerprint density at radius 2 is 1.50 bits per heavy atom. The molecule has 0 aromatic carbocycles. The van der Waals surface area contributed by atoms with E-state index in [-0.39, 0.29) is 5.96 Å². The molecule has 4 aliphatic rings. The van der Waals surface area contributed by atoms with Gasteiger partial charge in [-0.25, -0.2) is 0 Å². The summed E-state index contributed by atoms with van der Waals surface area (Å²) in [7, 11) is 0. The Balaban J connectivity index is 1.78. The molecule has 4 aliphatic carbocycles. The lowest BCUT2D eigenvalue weighted by molar-refractivity contribution is -0.00968. The van der Waals surface area contributed by atoms with E-state index in [0.717, 1.165) is 17.8 Å². The molecule has 0 saturated heterocycles. The van der Waals surface area contributed by atoms with E-state index >= 15 is 0 Å². The molecule has 0 amide bonds. The van der Waals surface area contributed by atoms with E-state index in [1.165, 1.54) is 38.5 Å². The average molecular weight is 220 g/mol. The minimum atomic E-state index is 0.0565. The number of hydrogen-bond donors (Lipinski definition) is 2. The lowest BCUT2D eigenvalue weighted by Gasteiger charge is -2.55. The third-order valence-corrected chi connectivity index (χ3v) is 4.59. The molecule has 0 spiro atoms. The summed E-state index contributed by atoms with van der Waals surface area (Å²) in [4.78, 5) is 0. The van der Waals surface area contributed by atoms with Crippen LogP contribution in [0.15, 0.2) is 10.2 Å². The van der Waals surface area contributed by atoms with E-state index in [2.05, 4.69) is 10.2 Å². The first-order valence-electron chi connectivity index (χ1n) is 6.28. The van der Waals surface area contributed by atoms with Crippen LogP contribution >= 0.6 is 0 Å². The van der Waals surface area contributed by atoms with Gasteiger partial charge in [0.25, 0.3) is 0 Å². The van der Waals surface area contributed by atoms with Gasteiger partial charge >= 0.3 is 0 Å². The van der Waals surface area contributed by atoms with Gasteiger partial charge in [-0.05, 0) is 56.3 Å². The summed E-state index contributed by atoms with van der Waals surface area (Å²) in [6.07, 6.45) is 10.3. The Morgan fingerprint density at radius 3 is 1.94 bits per heavy atom. The minimum absolute atomic E-state index is 0.0565. The number of hydrogen-bond acceptors (Lipinski definition) is 2. The number of guanidine groups is 1. The van der Waals surface area contributed by atoms with Crippen molar-refractivity contribution in [2.24, 2.45) is 44.8 Å². The predicted octanol–water partition coefficient (Wildman–Crippen LogP) is 1.46. The van der Waals surface area contributed by atoms with Crippen LogP contribution in [0.4, 0.5) is 0 Å². The van der Waals surface area contributed by atoms with E-state index in [4.69, 9.17) is 11.5 Å². The van der Waals surface area contributed by atoms with Crippen LogP contribution in [0, 0.1) is 23.2 Å². The third-order valence-electron chi connectivity index (χ3n) is 4.59. The molecule has 4 heteroatoms. The van der Waals surface area contributed by atoms with Crippen molar-refractivity contribution in [1.82, 2.24) is 0 Å². The van der Waals surface area contributed by atoms with E-state index in [1.807, 2.05) is 6.21 Å². The highest BCUT2D eigenvalue weighted by atomic mass is 15.3. The van der Waals surface area contributed by atoms with Crippen LogP contribution in [0.2, 0.25) is 0 Å². The van der Waals surface area contributed by atoms with Crippen LogP contribution < -0.4 is 11.5 Å². The quantitative estimate of drug-likeness (QED) is 0.420. The molecule has 0 aromatic heterocycles. The van der Waals surface area contributed by atoms with Crippen molar-refractivity contribution in [2.75, 3.05) is 0 Å². The highest BCUT2D eigenvalue weighted by molar-refractivity contribution is 5.76. The maximum atomic E-state index is 5.28. The molecule has 4 saturated carbocycles. The zero-order valence-electron chi connectivity index (χ0n) is 9.60. The molecule has 88 valence electrons. The molecule has 4 nitrogen and oxygen atoms in total. The second kappa shape index (κ2) is 3.47. The summed E-state index contributed by atoms with van der Waals surface area (Å²) in [5.74, 6) is 2.88. The van der Waals surface area contributed by atoms with E-state index in [1.54, 1.807) is 0 Å². The fourth-order valence-electron chi connectivity index (χ4n) is 4.55. The molecule has 16 heavy (non-hydrogen) atoms. The van der Waals surface area contributed by atoms with Crippen molar-refractivity contribution < 1.29 is 0 Å². The fraction of sp³-hybridized carbons (Fsp3) is 0.833. The molecule has 4 bridgehead atoms. The van der Waals surface area contributed by atoms with Gasteiger partial charge in [-0.2, -0.15) is 5.10 Å². The van der Waals surface area contributed by atoms with Crippen molar-refractivity contribution in [2.45, 2.75) is 38.5 Å². The maximum Gasteiger partial charge on any atom is 0.211 e. The van der Waals surface area contributed by atoms with E-state index in [0.29, 0.717) is 5.41 Å². The van der Waals surface area contributed by atoms with Gasteiger partial charge in [-0.1, -0.05) is 0 Å². The molecular formula is C12H20N4. The van der Waals surface area contributed by atoms with Crippen LogP contribution in [0.25, 0.3) is 0 Å². The number of nitrogens with two attached hydrogens (primary N) is 2. The average Bonchev–Trinajstić information content (AvgIpc) is 2.13. The summed E-state index contributed by atoms with van der Waals surface area (Å²) < 4.78 is 0. The molecule has 0 unspecified atom stereocenters. The molecule has 4 fully saturated rings. The summed E-state index contributed by atoms with van der Waals surface area (Å²) in [6, 6.07) is 0. The van der Waals surface area contributed by atoms with Gasteiger partial charge in [0, 0.05) is 11.6 Å². The first-order chi connectivity index (χ1) is 7.65. The molecule has 0 atom stereocenters. The van der Waals surface area contributed by atoms with Crippen LogP contribution in [-0.4, -0.2) is 12.2 Å². The van der Waals surface area contributed by atoms with Crippen molar-refractivity contribution >= 4 is 12.2 Å². The van der Waals surface area contributed by atoms with E-state index in [9.17, 15) is 0 Å². The standard InChI is InChI=1S/C12H20N4/c13-11(14)16-15-7-12-4-8-1-9(5-12)3-10(2-8)6-12/h7-10H,1-6H2,(H4,13,14,16)/b15-7-.